The van der Waals surface area contributed by atoms with Crippen LogP contribution in [0.3, 0.4) is 0 Å². The highest BCUT2D eigenvalue weighted by atomic mass is 32.1. The quantitative estimate of drug-likeness (QED) is 0.631. The molecule has 29 heavy (non-hydrogen) atoms. The lowest BCUT2D eigenvalue weighted by atomic mass is 9.89. The SMILES string of the molecule is Cc1cc(C)cc(C(=O)N2CCC3(CC2)Cn2c(-c4ccsc4)cnc2CO3)c1. The van der Waals surface area contributed by atoms with Crippen LogP contribution in [0.5, 0.6) is 0 Å². The third-order valence-electron chi connectivity index (χ3n) is 6.14. The molecule has 150 valence electrons. The fourth-order valence-corrected chi connectivity index (χ4v) is 5.25. The number of piperidine rings is 1. The predicted octanol–water partition coefficient (Wildman–Crippen LogP) is 4.43. The van der Waals surface area contributed by atoms with Crippen molar-refractivity contribution >= 4 is 17.2 Å². The van der Waals surface area contributed by atoms with E-state index in [2.05, 4.69) is 32.4 Å². The molecular formula is C23H25N3O2S. The average molecular weight is 408 g/mol. The number of thiophene rings is 1. The van der Waals surface area contributed by atoms with Gasteiger partial charge in [-0.15, -0.1) is 0 Å². The van der Waals surface area contributed by atoms with E-state index in [0.717, 1.165) is 60.7 Å². The number of ether oxygens (including phenoxy) is 1. The van der Waals surface area contributed by atoms with Crippen molar-refractivity contribution in [3.63, 3.8) is 0 Å². The van der Waals surface area contributed by atoms with E-state index in [1.165, 1.54) is 5.56 Å². The normalized spacial score (nSPS) is 18.1. The van der Waals surface area contributed by atoms with Crippen LogP contribution >= 0.6 is 11.3 Å². The largest absolute Gasteiger partial charge is 0.365 e. The van der Waals surface area contributed by atoms with Crippen LogP contribution in [0.25, 0.3) is 11.3 Å². The minimum Gasteiger partial charge on any atom is -0.365 e. The molecule has 2 aliphatic heterocycles. The minimum absolute atomic E-state index is 0.129. The molecule has 0 unspecified atom stereocenters. The Morgan fingerprint density at radius 2 is 1.93 bits per heavy atom. The van der Waals surface area contributed by atoms with E-state index in [4.69, 9.17) is 4.74 Å². The van der Waals surface area contributed by atoms with Crippen molar-refractivity contribution in [2.45, 2.75) is 45.4 Å². The number of imidazole rings is 1. The summed E-state index contributed by atoms with van der Waals surface area (Å²) < 4.78 is 8.63. The van der Waals surface area contributed by atoms with Gasteiger partial charge >= 0.3 is 0 Å². The number of benzene rings is 1. The van der Waals surface area contributed by atoms with E-state index in [9.17, 15) is 4.79 Å². The average Bonchev–Trinajstić information content (AvgIpc) is 3.36. The predicted molar refractivity (Wildman–Crippen MR) is 114 cm³/mol. The summed E-state index contributed by atoms with van der Waals surface area (Å²) in [6.45, 7) is 6.87. The third-order valence-corrected chi connectivity index (χ3v) is 6.82. The molecule has 0 bridgehead atoms. The van der Waals surface area contributed by atoms with E-state index in [0.29, 0.717) is 6.61 Å². The number of nitrogens with zero attached hydrogens (tertiary/aromatic N) is 3. The molecule has 0 aliphatic carbocycles. The third kappa shape index (κ3) is 3.40. The van der Waals surface area contributed by atoms with Gasteiger partial charge in [-0.05, 0) is 50.3 Å². The number of carbonyl (C=O) groups excluding carboxylic acids is 1. The van der Waals surface area contributed by atoms with Gasteiger partial charge in [-0.2, -0.15) is 11.3 Å². The highest BCUT2D eigenvalue weighted by Crippen LogP contribution is 2.36. The Kier molecular flexibility index (Phi) is 4.56. The van der Waals surface area contributed by atoms with Crippen molar-refractivity contribution in [3.05, 3.63) is 63.7 Å². The number of fused-ring (bicyclic) bond motifs is 1. The zero-order valence-corrected chi connectivity index (χ0v) is 17.7. The van der Waals surface area contributed by atoms with Gasteiger partial charge in [0.2, 0.25) is 0 Å². The van der Waals surface area contributed by atoms with Crippen LogP contribution in [0.2, 0.25) is 0 Å². The zero-order valence-electron chi connectivity index (χ0n) is 16.9. The van der Waals surface area contributed by atoms with Crippen molar-refractivity contribution in [1.29, 1.82) is 0 Å². The molecule has 2 aliphatic rings. The first-order valence-electron chi connectivity index (χ1n) is 10.1. The van der Waals surface area contributed by atoms with Crippen LogP contribution in [-0.4, -0.2) is 39.0 Å². The number of carbonyl (C=O) groups is 1. The van der Waals surface area contributed by atoms with Crippen molar-refractivity contribution < 1.29 is 9.53 Å². The maximum absolute atomic E-state index is 13.0. The fourth-order valence-electron chi connectivity index (χ4n) is 4.60. The van der Waals surface area contributed by atoms with Crippen molar-refractivity contribution in [2.24, 2.45) is 0 Å². The van der Waals surface area contributed by atoms with E-state index in [1.807, 2.05) is 37.1 Å². The molecule has 0 radical (unpaired) electrons. The van der Waals surface area contributed by atoms with Gasteiger partial charge in [0, 0.05) is 29.6 Å². The van der Waals surface area contributed by atoms with Crippen molar-refractivity contribution in [3.8, 4) is 11.3 Å². The van der Waals surface area contributed by atoms with Crippen LogP contribution in [0.1, 0.15) is 40.2 Å². The first-order chi connectivity index (χ1) is 14.0. The maximum Gasteiger partial charge on any atom is 0.253 e. The summed E-state index contributed by atoms with van der Waals surface area (Å²) in [5, 5.41) is 4.26. The Balaban J connectivity index is 1.32. The van der Waals surface area contributed by atoms with Gasteiger partial charge in [-0.25, -0.2) is 4.98 Å². The highest BCUT2D eigenvalue weighted by Gasteiger charge is 2.41. The Morgan fingerprint density at radius 3 is 2.62 bits per heavy atom. The standard InChI is InChI=1S/C23H25N3O2S/c1-16-9-17(2)11-19(10-16)22(27)25-6-4-23(5-7-25)15-26-20(18-3-8-29-14-18)12-24-21(26)13-28-23/h3,8-12,14H,4-7,13,15H2,1-2H3. The Bertz CT molecular complexity index is 1030. The number of aryl methyl sites for hydroxylation is 2. The van der Waals surface area contributed by atoms with Crippen LogP contribution in [0.4, 0.5) is 0 Å². The summed E-state index contributed by atoms with van der Waals surface area (Å²) in [7, 11) is 0. The summed E-state index contributed by atoms with van der Waals surface area (Å²) in [6.07, 6.45) is 3.66. The van der Waals surface area contributed by atoms with E-state index in [-0.39, 0.29) is 11.5 Å². The summed E-state index contributed by atoms with van der Waals surface area (Å²) in [4.78, 5) is 19.6. The van der Waals surface area contributed by atoms with Gasteiger partial charge in [-0.1, -0.05) is 17.2 Å². The summed E-state index contributed by atoms with van der Waals surface area (Å²) in [5.74, 6) is 1.12. The van der Waals surface area contributed by atoms with Gasteiger partial charge in [-0.3, -0.25) is 4.79 Å². The lowest BCUT2D eigenvalue weighted by Crippen LogP contribution is -2.52. The van der Waals surface area contributed by atoms with E-state index < -0.39 is 0 Å². The van der Waals surface area contributed by atoms with E-state index >= 15 is 0 Å². The lowest BCUT2D eigenvalue weighted by molar-refractivity contribution is -0.117. The summed E-state index contributed by atoms with van der Waals surface area (Å²) in [5.41, 5.74) is 5.22. The number of likely N-dealkylation sites (tertiary alicyclic amines) is 1. The summed E-state index contributed by atoms with van der Waals surface area (Å²) in [6, 6.07) is 8.22. The molecule has 5 rings (SSSR count). The van der Waals surface area contributed by atoms with Crippen LogP contribution in [-0.2, 0) is 17.9 Å². The first-order valence-corrected chi connectivity index (χ1v) is 11.1. The molecule has 1 aromatic carbocycles. The fraction of sp³-hybridized carbons (Fsp3) is 0.391. The molecule has 1 saturated heterocycles. The smallest absolute Gasteiger partial charge is 0.253 e. The molecule has 2 aromatic heterocycles. The molecule has 3 aromatic rings. The highest BCUT2D eigenvalue weighted by molar-refractivity contribution is 7.08. The molecule has 1 amide bonds. The molecule has 0 atom stereocenters. The minimum atomic E-state index is -0.211. The summed E-state index contributed by atoms with van der Waals surface area (Å²) >= 11 is 1.70. The Hall–Kier alpha value is -2.44. The molecule has 0 N–H and O–H groups in total. The van der Waals surface area contributed by atoms with Crippen LogP contribution < -0.4 is 0 Å². The Morgan fingerprint density at radius 1 is 1.17 bits per heavy atom. The lowest BCUT2D eigenvalue weighted by Gasteiger charge is -2.44. The number of amides is 1. The first kappa shape index (κ1) is 18.6. The van der Waals surface area contributed by atoms with Crippen LogP contribution in [0, 0.1) is 13.8 Å². The second-order valence-electron chi connectivity index (χ2n) is 8.30. The molecule has 5 nitrogen and oxygen atoms in total. The second-order valence-corrected chi connectivity index (χ2v) is 9.08. The Labute approximate surface area is 174 Å². The molecular weight excluding hydrogens is 382 g/mol. The maximum atomic E-state index is 13.0. The molecule has 4 heterocycles. The van der Waals surface area contributed by atoms with Gasteiger partial charge < -0.3 is 14.2 Å². The molecule has 1 fully saturated rings. The number of hydrogen-bond acceptors (Lipinski definition) is 4. The number of rotatable bonds is 2. The topological polar surface area (TPSA) is 47.4 Å². The molecule has 6 heteroatoms. The van der Waals surface area contributed by atoms with Crippen molar-refractivity contribution in [2.75, 3.05) is 13.1 Å². The van der Waals surface area contributed by atoms with Gasteiger partial charge in [0.1, 0.15) is 12.4 Å². The number of aromatic nitrogens is 2. The van der Waals surface area contributed by atoms with Gasteiger partial charge in [0.25, 0.3) is 5.91 Å². The van der Waals surface area contributed by atoms with Crippen LogP contribution in [0.15, 0.2) is 41.2 Å². The van der Waals surface area contributed by atoms with Crippen molar-refractivity contribution in [1.82, 2.24) is 14.5 Å². The molecule has 0 saturated carbocycles. The van der Waals surface area contributed by atoms with Gasteiger partial charge in [0.15, 0.2) is 0 Å². The van der Waals surface area contributed by atoms with Gasteiger partial charge in [0.05, 0.1) is 24.0 Å². The second kappa shape index (κ2) is 7.11. The number of hydrogen-bond donors (Lipinski definition) is 0. The monoisotopic (exact) mass is 407 g/mol. The zero-order chi connectivity index (χ0) is 20.0. The van der Waals surface area contributed by atoms with E-state index in [1.54, 1.807) is 11.3 Å². The molecule has 1 spiro atoms.